The maximum Gasteiger partial charge on any atom is 0.257 e. The molecule has 3 aromatic rings. The van der Waals surface area contributed by atoms with Gasteiger partial charge in [-0.1, -0.05) is 17.7 Å². The van der Waals surface area contributed by atoms with Gasteiger partial charge >= 0.3 is 0 Å². The molecule has 6 heteroatoms. The number of sulfone groups is 1. The Bertz CT molecular complexity index is 995. The van der Waals surface area contributed by atoms with E-state index < -0.39 is 9.84 Å². The van der Waals surface area contributed by atoms with Crippen molar-refractivity contribution in [2.75, 3.05) is 5.32 Å². The molecule has 132 valence electrons. The van der Waals surface area contributed by atoms with Gasteiger partial charge < -0.3 is 5.32 Å². The van der Waals surface area contributed by atoms with E-state index in [1.165, 1.54) is 18.3 Å². The van der Waals surface area contributed by atoms with Crippen LogP contribution in [0, 0.1) is 6.92 Å². The Morgan fingerprint density at radius 1 is 0.960 bits per heavy atom. The third kappa shape index (κ3) is 3.75. The van der Waals surface area contributed by atoms with Crippen LogP contribution in [0.5, 0.6) is 0 Å². The summed E-state index contributed by atoms with van der Waals surface area (Å²) in [6, 6.07) is 16.1. The first kappa shape index (κ1) is 16.9. The molecule has 1 N–H and O–H groups in total. The summed E-state index contributed by atoms with van der Waals surface area (Å²) >= 11 is 0. The number of amides is 1. The number of nitrogens with one attached hydrogen (secondary N) is 1. The lowest BCUT2D eigenvalue weighted by Gasteiger charge is -2.08. The van der Waals surface area contributed by atoms with Gasteiger partial charge in [-0.2, -0.15) is 0 Å². The van der Waals surface area contributed by atoms with Crippen molar-refractivity contribution in [1.82, 2.24) is 4.98 Å². The third-order valence-corrected chi connectivity index (χ3v) is 5.46. The first-order chi connectivity index (χ1) is 12.0. The van der Waals surface area contributed by atoms with Crippen LogP contribution in [0.4, 0.5) is 5.69 Å². The Balaban J connectivity index is 0.00000243. The number of nitrogens with zero attached hydrogens (tertiary/aromatic N) is 1. The van der Waals surface area contributed by atoms with E-state index >= 15 is 0 Å². The molecule has 0 aliphatic carbocycles. The van der Waals surface area contributed by atoms with Crippen LogP contribution in [-0.4, -0.2) is 19.3 Å². The molecule has 0 spiro atoms. The second-order valence-electron chi connectivity index (χ2n) is 5.54. The second kappa shape index (κ2) is 6.86. The van der Waals surface area contributed by atoms with E-state index in [0.29, 0.717) is 11.3 Å². The number of aromatic nitrogens is 1. The summed E-state index contributed by atoms with van der Waals surface area (Å²) in [6.07, 6.45) is 3.05. The highest BCUT2D eigenvalue weighted by Crippen LogP contribution is 2.22. The van der Waals surface area contributed by atoms with Gasteiger partial charge in [0.2, 0.25) is 9.84 Å². The number of rotatable bonds is 4. The van der Waals surface area contributed by atoms with Crippen LogP contribution in [0.1, 0.15) is 20.2 Å². The largest absolute Gasteiger partial charge is 0.322 e. The molecule has 0 unspecified atom stereocenters. The predicted molar refractivity (Wildman–Crippen MR) is 102 cm³/mol. The molecule has 0 aliphatic heterocycles. The zero-order valence-corrected chi connectivity index (χ0v) is 14.3. The van der Waals surface area contributed by atoms with Crippen molar-refractivity contribution in [3.05, 3.63) is 84.2 Å². The molecule has 5 nitrogen and oxygen atoms in total. The summed E-state index contributed by atoms with van der Waals surface area (Å²) in [7, 11) is -3.58. The third-order valence-electron chi connectivity index (χ3n) is 3.68. The van der Waals surface area contributed by atoms with Crippen molar-refractivity contribution >= 4 is 21.4 Å². The lowest BCUT2D eigenvalue weighted by atomic mass is 10.2. The number of hydrogen-bond acceptors (Lipinski definition) is 4. The van der Waals surface area contributed by atoms with Crippen molar-refractivity contribution in [1.29, 1.82) is 0 Å². The fraction of sp³-hybridized carbons (Fsp3) is 0.0526. The Labute approximate surface area is 150 Å². The van der Waals surface area contributed by atoms with E-state index in [0.717, 1.165) is 5.56 Å². The number of carbonyl (C=O) groups excluding carboxylic acids is 1. The number of anilines is 1. The Hall–Kier alpha value is -2.99. The van der Waals surface area contributed by atoms with Crippen LogP contribution >= 0.6 is 0 Å². The van der Waals surface area contributed by atoms with Crippen LogP contribution in [-0.2, 0) is 9.84 Å². The molecule has 1 heterocycles. The number of carbonyl (C=O) groups is 1. The second-order valence-corrected chi connectivity index (χ2v) is 7.49. The summed E-state index contributed by atoms with van der Waals surface area (Å²) in [5.41, 5.74) is 1.93. The lowest BCUT2D eigenvalue weighted by molar-refractivity contribution is 0.102. The molecule has 0 fully saturated rings. The molecular formula is C19H22N2O3S. The molecule has 3 rings (SSSR count). The van der Waals surface area contributed by atoms with Gasteiger partial charge in [0.25, 0.3) is 5.91 Å². The van der Waals surface area contributed by atoms with Crippen molar-refractivity contribution in [2.45, 2.75) is 16.7 Å². The Morgan fingerprint density at radius 2 is 1.56 bits per heavy atom. The maximum atomic E-state index is 12.6. The maximum absolute atomic E-state index is 12.6. The highest BCUT2D eigenvalue weighted by Gasteiger charge is 2.17. The minimum Gasteiger partial charge on any atom is -0.322 e. The first-order valence-corrected chi connectivity index (χ1v) is 9.08. The van der Waals surface area contributed by atoms with Gasteiger partial charge in [-0.15, -0.1) is 0 Å². The average Bonchev–Trinajstić information content (AvgIpc) is 2.63. The summed E-state index contributed by atoms with van der Waals surface area (Å²) < 4.78 is 25.2. The van der Waals surface area contributed by atoms with Crippen molar-refractivity contribution in [3.63, 3.8) is 0 Å². The van der Waals surface area contributed by atoms with Crippen molar-refractivity contribution < 1.29 is 17.5 Å². The van der Waals surface area contributed by atoms with E-state index in [-0.39, 0.29) is 20.0 Å². The van der Waals surface area contributed by atoms with Gasteiger partial charge in [-0.05, 0) is 55.5 Å². The topological polar surface area (TPSA) is 76.1 Å². The molecule has 0 atom stereocenters. The number of benzene rings is 2. The predicted octanol–water partition coefficient (Wildman–Crippen LogP) is 4.21. The van der Waals surface area contributed by atoms with Gasteiger partial charge in [0.15, 0.2) is 0 Å². The Kier molecular flexibility index (Phi) is 4.63. The summed E-state index contributed by atoms with van der Waals surface area (Å²) in [4.78, 5) is 16.4. The van der Waals surface area contributed by atoms with Crippen LogP contribution in [0.2, 0.25) is 0 Å². The number of hydrogen-bond donors (Lipinski definition) is 1. The molecule has 1 amide bonds. The smallest absolute Gasteiger partial charge is 0.257 e. The molecule has 0 aliphatic rings. The molecule has 0 radical (unpaired) electrons. The normalized spacial score (nSPS) is 11.1. The van der Waals surface area contributed by atoms with E-state index in [1.807, 2.05) is 6.92 Å². The van der Waals surface area contributed by atoms with Crippen LogP contribution in [0.15, 0.2) is 82.8 Å². The first-order valence-electron chi connectivity index (χ1n) is 7.60. The molecule has 2 aromatic carbocycles. The van der Waals surface area contributed by atoms with Gasteiger partial charge in [0.05, 0.1) is 15.4 Å². The summed E-state index contributed by atoms with van der Waals surface area (Å²) in [6.45, 7) is 1.90. The van der Waals surface area contributed by atoms with Gasteiger partial charge in [-0.3, -0.25) is 9.78 Å². The Morgan fingerprint density at radius 3 is 2.12 bits per heavy atom. The van der Waals surface area contributed by atoms with Gasteiger partial charge in [-0.25, -0.2) is 8.42 Å². The molecule has 0 bridgehead atoms. The minimum absolute atomic E-state index is 0. The monoisotopic (exact) mass is 358 g/mol. The molecular weight excluding hydrogens is 336 g/mol. The zero-order chi connectivity index (χ0) is 17.9. The molecule has 25 heavy (non-hydrogen) atoms. The molecule has 1 aromatic heterocycles. The van der Waals surface area contributed by atoms with Crippen LogP contribution < -0.4 is 5.32 Å². The van der Waals surface area contributed by atoms with E-state index in [2.05, 4.69) is 10.3 Å². The van der Waals surface area contributed by atoms with Crippen LogP contribution in [0.3, 0.4) is 0 Å². The summed E-state index contributed by atoms with van der Waals surface area (Å²) in [5.74, 6) is -0.303. The fourth-order valence-corrected chi connectivity index (χ4v) is 3.53. The quantitative estimate of drug-likeness (QED) is 0.758. The SMILES string of the molecule is Cc1ccc(S(=O)(=O)c2ccc(NC(=O)c3cccnc3)cc2)cc1.[HH].[HH].[HH]. The molecule has 0 saturated heterocycles. The average molecular weight is 358 g/mol. The number of pyridine rings is 1. The van der Waals surface area contributed by atoms with Crippen LogP contribution in [0.25, 0.3) is 0 Å². The lowest BCUT2D eigenvalue weighted by Crippen LogP contribution is -2.12. The minimum atomic E-state index is -3.58. The van der Waals surface area contributed by atoms with Gasteiger partial charge in [0, 0.05) is 22.4 Å². The van der Waals surface area contributed by atoms with E-state index in [1.54, 1.807) is 54.7 Å². The number of aryl methyl sites for hydroxylation is 1. The highest BCUT2D eigenvalue weighted by molar-refractivity contribution is 7.91. The fourth-order valence-electron chi connectivity index (χ4n) is 2.27. The summed E-state index contributed by atoms with van der Waals surface area (Å²) in [5, 5.41) is 2.71. The van der Waals surface area contributed by atoms with Crippen molar-refractivity contribution in [3.8, 4) is 0 Å². The standard InChI is InChI=1S/C19H16N2O3S.3H2/c1-14-4-8-17(9-5-14)25(23,24)18-10-6-16(7-11-18)21-19(22)15-3-2-12-20-13-15;;;/h2-13H,1H3,(H,21,22);3*1H. The molecule has 0 saturated carbocycles. The van der Waals surface area contributed by atoms with Crippen molar-refractivity contribution in [2.24, 2.45) is 0 Å². The van der Waals surface area contributed by atoms with Gasteiger partial charge in [0.1, 0.15) is 0 Å². The highest BCUT2D eigenvalue weighted by atomic mass is 32.2. The van der Waals surface area contributed by atoms with E-state index in [9.17, 15) is 13.2 Å². The van der Waals surface area contributed by atoms with E-state index in [4.69, 9.17) is 0 Å². The zero-order valence-electron chi connectivity index (χ0n) is 13.5.